The standard InChI is InChI=1S/C28H34N4O5/c33-24(31-37)14-6-1-2-7-15-25(34)32-17-16-21-20-12-8-9-13-22(20)30-27(21)23(32)18-29-26(28(35)36)19-10-4-3-5-11-19/h3-5,8-13,23,26,29-30,37H,1-2,6-7,14-18H2,(H,31,33)(H,35,36)/t23-,26?/m0/s1. The number of para-hydroxylation sites is 1. The molecule has 9 nitrogen and oxygen atoms in total. The Morgan fingerprint density at radius 3 is 2.41 bits per heavy atom. The number of aromatic amines is 1. The van der Waals surface area contributed by atoms with Crippen molar-refractivity contribution in [2.24, 2.45) is 0 Å². The van der Waals surface area contributed by atoms with E-state index in [1.54, 1.807) is 17.6 Å². The normalized spacial score (nSPS) is 15.8. The molecule has 1 unspecified atom stereocenters. The van der Waals surface area contributed by atoms with E-state index >= 15 is 0 Å². The van der Waals surface area contributed by atoms with Gasteiger partial charge in [0, 0.05) is 42.5 Å². The number of carboxylic acid groups (broad SMARTS) is 1. The van der Waals surface area contributed by atoms with Crippen molar-refractivity contribution in [2.75, 3.05) is 13.1 Å². The second-order valence-electron chi connectivity index (χ2n) is 9.46. The van der Waals surface area contributed by atoms with Crippen molar-refractivity contribution in [3.63, 3.8) is 0 Å². The zero-order valence-corrected chi connectivity index (χ0v) is 20.8. The van der Waals surface area contributed by atoms with Crippen LogP contribution in [0.3, 0.4) is 0 Å². The van der Waals surface area contributed by atoms with Gasteiger partial charge in [-0.2, -0.15) is 0 Å². The average molecular weight is 507 g/mol. The molecule has 2 amide bonds. The lowest BCUT2D eigenvalue weighted by Gasteiger charge is -2.37. The molecular weight excluding hydrogens is 472 g/mol. The van der Waals surface area contributed by atoms with Crippen LogP contribution >= 0.6 is 0 Å². The first-order chi connectivity index (χ1) is 18.0. The third-order valence-corrected chi connectivity index (χ3v) is 7.04. The van der Waals surface area contributed by atoms with Crippen LogP contribution in [0.2, 0.25) is 0 Å². The highest BCUT2D eigenvalue weighted by molar-refractivity contribution is 5.86. The molecule has 0 radical (unpaired) electrons. The maximum atomic E-state index is 13.3. The second-order valence-corrected chi connectivity index (χ2v) is 9.46. The molecule has 1 aromatic heterocycles. The van der Waals surface area contributed by atoms with Gasteiger partial charge in [0.2, 0.25) is 11.8 Å². The lowest BCUT2D eigenvalue weighted by molar-refractivity contribution is -0.139. The number of H-pyrrole nitrogens is 1. The maximum absolute atomic E-state index is 13.3. The predicted octanol–water partition coefficient (Wildman–Crippen LogP) is 3.86. The summed E-state index contributed by atoms with van der Waals surface area (Å²) < 4.78 is 0. The molecule has 2 aromatic carbocycles. The number of carbonyl (C=O) groups excluding carboxylic acids is 2. The van der Waals surface area contributed by atoms with Gasteiger partial charge in [0.05, 0.1) is 6.04 Å². The number of nitrogens with zero attached hydrogens (tertiary/aromatic N) is 1. The summed E-state index contributed by atoms with van der Waals surface area (Å²) in [6, 6.07) is 15.9. The largest absolute Gasteiger partial charge is 0.480 e. The first kappa shape index (κ1) is 26.4. The van der Waals surface area contributed by atoms with E-state index in [2.05, 4.69) is 16.4 Å². The number of unbranched alkanes of at least 4 members (excludes halogenated alkanes) is 3. The number of hydroxylamine groups is 1. The van der Waals surface area contributed by atoms with Gasteiger partial charge in [0.1, 0.15) is 6.04 Å². The summed E-state index contributed by atoms with van der Waals surface area (Å²) in [6.07, 6.45) is 4.36. The molecular formula is C28H34N4O5. The van der Waals surface area contributed by atoms with E-state index in [0.29, 0.717) is 37.9 Å². The summed E-state index contributed by atoms with van der Waals surface area (Å²) in [5.74, 6) is -1.33. The van der Waals surface area contributed by atoms with Gasteiger partial charge in [-0.25, -0.2) is 5.48 Å². The van der Waals surface area contributed by atoms with Gasteiger partial charge < -0.3 is 15.0 Å². The van der Waals surface area contributed by atoms with E-state index in [4.69, 9.17) is 5.21 Å². The Morgan fingerprint density at radius 1 is 0.973 bits per heavy atom. The molecule has 0 spiro atoms. The molecule has 196 valence electrons. The summed E-state index contributed by atoms with van der Waals surface area (Å²) in [5.41, 5.74) is 5.44. The van der Waals surface area contributed by atoms with Crippen molar-refractivity contribution in [1.82, 2.24) is 20.7 Å². The molecule has 2 heterocycles. The third kappa shape index (κ3) is 6.36. The van der Waals surface area contributed by atoms with Crippen LogP contribution in [0.5, 0.6) is 0 Å². The first-order valence-electron chi connectivity index (χ1n) is 12.8. The van der Waals surface area contributed by atoms with Gasteiger partial charge >= 0.3 is 5.97 Å². The fourth-order valence-electron chi connectivity index (χ4n) is 5.17. The Bertz CT molecular complexity index is 1230. The van der Waals surface area contributed by atoms with Crippen LogP contribution in [0, 0.1) is 0 Å². The van der Waals surface area contributed by atoms with Crippen LogP contribution < -0.4 is 10.8 Å². The van der Waals surface area contributed by atoms with Gasteiger partial charge in [-0.1, -0.05) is 61.4 Å². The minimum absolute atomic E-state index is 0.0378. The van der Waals surface area contributed by atoms with Crippen molar-refractivity contribution in [3.8, 4) is 0 Å². The molecule has 3 aromatic rings. The topological polar surface area (TPSA) is 135 Å². The van der Waals surface area contributed by atoms with E-state index in [9.17, 15) is 19.5 Å². The highest BCUT2D eigenvalue weighted by Crippen LogP contribution is 2.35. The van der Waals surface area contributed by atoms with Gasteiger partial charge in [-0.3, -0.25) is 24.9 Å². The van der Waals surface area contributed by atoms with Gasteiger partial charge in [-0.15, -0.1) is 0 Å². The molecule has 0 aliphatic carbocycles. The molecule has 2 atom stereocenters. The minimum Gasteiger partial charge on any atom is -0.480 e. The number of aliphatic carboxylic acids is 1. The van der Waals surface area contributed by atoms with Crippen LogP contribution in [-0.2, 0) is 20.8 Å². The number of fused-ring (bicyclic) bond motifs is 3. The highest BCUT2D eigenvalue weighted by atomic mass is 16.5. The number of amides is 2. The maximum Gasteiger partial charge on any atom is 0.325 e. The molecule has 1 aliphatic rings. The van der Waals surface area contributed by atoms with Crippen molar-refractivity contribution < 1.29 is 24.7 Å². The Balaban J connectivity index is 1.48. The lowest BCUT2D eigenvalue weighted by Crippen LogP contribution is -2.45. The molecule has 0 saturated heterocycles. The van der Waals surface area contributed by atoms with Crippen molar-refractivity contribution in [2.45, 2.75) is 57.0 Å². The van der Waals surface area contributed by atoms with Crippen LogP contribution in [0.15, 0.2) is 54.6 Å². The molecule has 0 fully saturated rings. The van der Waals surface area contributed by atoms with E-state index in [-0.39, 0.29) is 18.4 Å². The number of benzene rings is 2. The zero-order valence-electron chi connectivity index (χ0n) is 20.8. The molecule has 9 heteroatoms. The fraction of sp³-hybridized carbons (Fsp3) is 0.393. The SMILES string of the molecule is O=C(CCCCCCC(=O)N1CCc2c([nH]c3ccccc23)[C@@H]1CNC(C(=O)O)c1ccccc1)NO. The summed E-state index contributed by atoms with van der Waals surface area (Å²) in [7, 11) is 0. The molecule has 4 rings (SSSR count). The van der Waals surface area contributed by atoms with Crippen LogP contribution in [0.25, 0.3) is 10.9 Å². The number of hydrogen-bond donors (Lipinski definition) is 5. The molecule has 37 heavy (non-hydrogen) atoms. The molecule has 5 N–H and O–H groups in total. The summed E-state index contributed by atoms with van der Waals surface area (Å²) in [5, 5.41) is 22.8. The van der Waals surface area contributed by atoms with Crippen molar-refractivity contribution in [3.05, 3.63) is 71.4 Å². The smallest absolute Gasteiger partial charge is 0.325 e. The second kappa shape index (κ2) is 12.5. The van der Waals surface area contributed by atoms with Crippen LogP contribution in [-0.4, -0.2) is 51.1 Å². The first-order valence-corrected chi connectivity index (χ1v) is 12.8. The van der Waals surface area contributed by atoms with Gasteiger partial charge in [0.15, 0.2) is 0 Å². The monoisotopic (exact) mass is 506 g/mol. The molecule has 0 saturated carbocycles. The van der Waals surface area contributed by atoms with E-state index < -0.39 is 17.9 Å². The number of carboxylic acids is 1. The summed E-state index contributed by atoms with van der Waals surface area (Å²) >= 11 is 0. The summed E-state index contributed by atoms with van der Waals surface area (Å²) in [4.78, 5) is 41.9. The number of hydrogen-bond acceptors (Lipinski definition) is 5. The van der Waals surface area contributed by atoms with Gasteiger partial charge in [0.25, 0.3) is 0 Å². The van der Waals surface area contributed by atoms with Gasteiger partial charge in [-0.05, 0) is 36.5 Å². The minimum atomic E-state index is -0.966. The number of nitrogens with one attached hydrogen (secondary N) is 3. The number of rotatable bonds is 12. The highest BCUT2D eigenvalue weighted by Gasteiger charge is 2.34. The third-order valence-electron chi connectivity index (χ3n) is 7.04. The Labute approximate surface area is 215 Å². The van der Waals surface area contributed by atoms with Crippen LogP contribution in [0.1, 0.15) is 67.4 Å². The fourth-order valence-corrected chi connectivity index (χ4v) is 5.17. The van der Waals surface area contributed by atoms with Crippen molar-refractivity contribution in [1.29, 1.82) is 0 Å². The molecule has 1 aliphatic heterocycles. The summed E-state index contributed by atoms with van der Waals surface area (Å²) in [6.45, 7) is 0.869. The predicted molar refractivity (Wildman–Crippen MR) is 139 cm³/mol. The Kier molecular flexibility index (Phi) is 8.92. The van der Waals surface area contributed by atoms with E-state index in [1.165, 1.54) is 5.56 Å². The zero-order chi connectivity index (χ0) is 26.2. The Hall–Kier alpha value is -3.69. The van der Waals surface area contributed by atoms with Crippen LogP contribution in [0.4, 0.5) is 0 Å². The number of aromatic nitrogens is 1. The lowest BCUT2D eigenvalue weighted by atomic mass is 9.96. The Morgan fingerprint density at radius 2 is 1.68 bits per heavy atom. The molecule has 0 bridgehead atoms. The number of carbonyl (C=O) groups is 3. The van der Waals surface area contributed by atoms with E-state index in [0.717, 1.165) is 35.9 Å². The van der Waals surface area contributed by atoms with E-state index in [1.807, 2.05) is 41.3 Å². The average Bonchev–Trinajstić information content (AvgIpc) is 3.30. The van der Waals surface area contributed by atoms with Crippen molar-refractivity contribution >= 4 is 28.7 Å². The quantitative estimate of drug-likeness (QED) is 0.144.